The van der Waals surface area contributed by atoms with Crippen molar-refractivity contribution in [2.45, 2.75) is 43.9 Å². The van der Waals surface area contributed by atoms with E-state index in [2.05, 4.69) is 44.8 Å². The summed E-state index contributed by atoms with van der Waals surface area (Å²) in [5, 5.41) is 0. The number of rotatable bonds is 4. The molecule has 94 valence electrons. The second-order valence-corrected chi connectivity index (χ2v) is 6.38. The predicted octanol–water partition coefficient (Wildman–Crippen LogP) is 2.97. The first-order chi connectivity index (χ1) is 8.18. The van der Waals surface area contributed by atoms with Gasteiger partial charge in [-0.05, 0) is 32.1 Å². The fourth-order valence-corrected chi connectivity index (χ4v) is 2.52. The molecule has 1 atom stereocenters. The van der Waals surface area contributed by atoms with E-state index in [1.54, 1.807) is 6.33 Å². The van der Waals surface area contributed by atoms with Crippen molar-refractivity contribution in [3.8, 4) is 0 Å². The Morgan fingerprint density at radius 1 is 1.35 bits per heavy atom. The van der Waals surface area contributed by atoms with E-state index in [-0.39, 0.29) is 0 Å². The molecule has 0 saturated carbocycles. The average Bonchev–Trinajstić information content (AvgIpc) is 2.35. The second-order valence-electron chi connectivity index (χ2n) is 4.82. The smallest absolute Gasteiger partial charge is 0.135 e. The molecule has 1 aromatic heterocycles. The maximum Gasteiger partial charge on any atom is 0.135 e. The zero-order valence-corrected chi connectivity index (χ0v) is 12.2. The summed E-state index contributed by atoms with van der Waals surface area (Å²) >= 11 is 3.59. The molecule has 1 heterocycles. The number of fused-ring (bicyclic) bond motifs is 1. The Bertz CT molecular complexity index is 379. The van der Waals surface area contributed by atoms with E-state index in [9.17, 15) is 0 Å². The SMILES string of the molecule is CC(Br)CCN(C)c1ncnc2c1CCCC2. The lowest BCUT2D eigenvalue weighted by Crippen LogP contribution is -2.24. The minimum absolute atomic E-state index is 0.558. The first kappa shape index (κ1) is 12.8. The molecule has 0 N–H and O–H groups in total. The van der Waals surface area contributed by atoms with Gasteiger partial charge in [-0.3, -0.25) is 0 Å². The van der Waals surface area contributed by atoms with Gasteiger partial charge in [-0.2, -0.15) is 0 Å². The van der Waals surface area contributed by atoms with Crippen molar-refractivity contribution < 1.29 is 0 Å². The number of halogens is 1. The molecule has 1 aromatic rings. The standard InChI is InChI=1S/C13H20BrN3/c1-10(14)7-8-17(2)13-11-5-3-4-6-12(11)15-9-16-13/h9-10H,3-8H2,1-2H3. The summed E-state index contributed by atoms with van der Waals surface area (Å²) in [5.41, 5.74) is 2.64. The highest BCUT2D eigenvalue weighted by Crippen LogP contribution is 2.26. The van der Waals surface area contributed by atoms with Crippen LogP contribution in [0.5, 0.6) is 0 Å². The van der Waals surface area contributed by atoms with Gasteiger partial charge in [0.1, 0.15) is 12.1 Å². The van der Waals surface area contributed by atoms with Crippen LogP contribution in [0.1, 0.15) is 37.4 Å². The number of hydrogen-bond acceptors (Lipinski definition) is 3. The summed E-state index contributed by atoms with van der Waals surface area (Å²) in [4.78, 5) is 11.7. The van der Waals surface area contributed by atoms with Gasteiger partial charge in [0.15, 0.2) is 0 Å². The maximum atomic E-state index is 4.47. The fourth-order valence-electron chi connectivity index (χ4n) is 2.31. The molecule has 0 fully saturated rings. The molecule has 0 saturated heterocycles. The third-order valence-corrected chi connectivity index (χ3v) is 3.78. The summed E-state index contributed by atoms with van der Waals surface area (Å²) < 4.78 is 0. The Balaban J connectivity index is 2.14. The molecule has 1 aliphatic rings. The molecule has 4 heteroatoms. The lowest BCUT2D eigenvalue weighted by atomic mass is 9.96. The minimum Gasteiger partial charge on any atom is -0.359 e. The van der Waals surface area contributed by atoms with Crippen LogP contribution in [0.4, 0.5) is 5.82 Å². The Labute approximate surface area is 112 Å². The van der Waals surface area contributed by atoms with Crippen LogP contribution in [0.25, 0.3) is 0 Å². The number of aromatic nitrogens is 2. The summed E-state index contributed by atoms with van der Waals surface area (Å²) in [7, 11) is 2.13. The molecule has 0 radical (unpaired) electrons. The molecular weight excluding hydrogens is 278 g/mol. The Morgan fingerprint density at radius 3 is 2.88 bits per heavy atom. The third-order valence-electron chi connectivity index (χ3n) is 3.33. The molecule has 0 bridgehead atoms. The monoisotopic (exact) mass is 297 g/mol. The zero-order chi connectivity index (χ0) is 12.3. The Hall–Kier alpha value is -0.640. The van der Waals surface area contributed by atoms with E-state index < -0.39 is 0 Å². The molecular formula is C13H20BrN3. The van der Waals surface area contributed by atoms with E-state index >= 15 is 0 Å². The summed E-state index contributed by atoms with van der Waals surface area (Å²) in [5.74, 6) is 1.14. The van der Waals surface area contributed by atoms with Crippen LogP contribution in [-0.4, -0.2) is 28.4 Å². The largest absolute Gasteiger partial charge is 0.359 e. The molecule has 1 aliphatic carbocycles. The average molecular weight is 298 g/mol. The number of hydrogen-bond donors (Lipinski definition) is 0. The highest BCUT2D eigenvalue weighted by molar-refractivity contribution is 9.09. The van der Waals surface area contributed by atoms with Crippen LogP contribution in [0.2, 0.25) is 0 Å². The van der Waals surface area contributed by atoms with Crippen LogP contribution in [0, 0.1) is 0 Å². The molecule has 0 amide bonds. The molecule has 3 nitrogen and oxygen atoms in total. The van der Waals surface area contributed by atoms with Crippen LogP contribution in [0.15, 0.2) is 6.33 Å². The van der Waals surface area contributed by atoms with Crippen molar-refractivity contribution in [1.82, 2.24) is 9.97 Å². The van der Waals surface area contributed by atoms with Crippen LogP contribution in [0.3, 0.4) is 0 Å². The molecule has 0 aromatic carbocycles. The first-order valence-electron chi connectivity index (χ1n) is 6.36. The zero-order valence-electron chi connectivity index (χ0n) is 10.6. The van der Waals surface area contributed by atoms with Gasteiger partial charge in [0, 0.05) is 29.7 Å². The van der Waals surface area contributed by atoms with Gasteiger partial charge in [0.2, 0.25) is 0 Å². The lowest BCUT2D eigenvalue weighted by Gasteiger charge is -2.24. The van der Waals surface area contributed by atoms with Gasteiger partial charge in [-0.25, -0.2) is 9.97 Å². The van der Waals surface area contributed by atoms with Gasteiger partial charge in [0.05, 0.1) is 0 Å². The normalized spacial score (nSPS) is 16.4. The first-order valence-corrected chi connectivity index (χ1v) is 7.28. The Kier molecular flexibility index (Phi) is 4.37. The van der Waals surface area contributed by atoms with E-state index in [1.165, 1.54) is 24.1 Å². The van der Waals surface area contributed by atoms with E-state index in [0.717, 1.165) is 31.6 Å². The lowest BCUT2D eigenvalue weighted by molar-refractivity contribution is 0.656. The quantitative estimate of drug-likeness (QED) is 0.800. The number of nitrogens with zero attached hydrogens (tertiary/aromatic N) is 3. The van der Waals surface area contributed by atoms with Crippen molar-refractivity contribution in [3.63, 3.8) is 0 Å². The van der Waals surface area contributed by atoms with Gasteiger partial charge >= 0.3 is 0 Å². The number of anilines is 1. The molecule has 0 spiro atoms. The Morgan fingerprint density at radius 2 is 2.12 bits per heavy atom. The molecule has 1 unspecified atom stereocenters. The third kappa shape index (κ3) is 3.18. The minimum atomic E-state index is 0.558. The van der Waals surface area contributed by atoms with Gasteiger partial charge in [-0.15, -0.1) is 0 Å². The van der Waals surface area contributed by atoms with Crippen LogP contribution in [-0.2, 0) is 12.8 Å². The highest BCUT2D eigenvalue weighted by atomic mass is 79.9. The van der Waals surface area contributed by atoms with Crippen molar-refractivity contribution in [3.05, 3.63) is 17.6 Å². The maximum absolute atomic E-state index is 4.47. The summed E-state index contributed by atoms with van der Waals surface area (Å²) in [6, 6.07) is 0. The summed E-state index contributed by atoms with van der Waals surface area (Å²) in [6.45, 7) is 3.22. The molecule has 0 aliphatic heterocycles. The summed E-state index contributed by atoms with van der Waals surface area (Å²) in [6.07, 6.45) is 7.65. The van der Waals surface area contributed by atoms with Crippen molar-refractivity contribution >= 4 is 21.7 Å². The number of aryl methyl sites for hydroxylation is 1. The highest BCUT2D eigenvalue weighted by Gasteiger charge is 2.17. The van der Waals surface area contributed by atoms with E-state index in [1.807, 2.05) is 0 Å². The van der Waals surface area contributed by atoms with Crippen LogP contribution < -0.4 is 4.90 Å². The fraction of sp³-hybridized carbons (Fsp3) is 0.692. The van der Waals surface area contributed by atoms with Gasteiger partial charge in [0.25, 0.3) is 0 Å². The van der Waals surface area contributed by atoms with Crippen LogP contribution >= 0.6 is 15.9 Å². The van der Waals surface area contributed by atoms with Crippen molar-refractivity contribution in [2.75, 3.05) is 18.5 Å². The molecule has 2 rings (SSSR count). The number of alkyl halides is 1. The van der Waals surface area contributed by atoms with Gasteiger partial charge < -0.3 is 4.90 Å². The predicted molar refractivity (Wildman–Crippen MR) is 75.0 cm³/mol. The van der Waals surface area contributed by atoms with Crippen molar-refractivity contribution in [1.29, 1.82) is 0 Å². The van der Waals surface area contributed by atoms with E-state index in [0.29, 0.717) is 4.83 Å². The van der Waals surface area contributed by atoms with Crippen molar-refractivity contribution in [2.24, 2.45) is 0 Å². The second kappa shape index (κ2) is 5.80. The van der Waals surface area contributed by atoms with Gasteiger partial charge in [-0.1, -0.05) is 22.9 Å². The topological polar surface area (TPSA) is 29.0 Å². The molecule has 17 heavy (non-hydrogen) atoms. The van der Waals surface area contributed by atoms with E-state index in [4.69, 9.17) is 0 Å².